The van der Waals surface area contributed by atoms with Crippen LogP contribution in [0, 0.1) is 10.1 Å². The van der Waals surface area contributed by atoms with Crippen LogP contribution in [0.15, 0.2) is 24.3 Å². The highest BCUT2D eigenvalue weighted by atomic mass is 16.6. The summed E-state index contributed by atoms with van der Waals surface area (Å²) in [6, 6.07) is 5.55. The van der Waals surface area contributed by atoms with E-state index in [0.717, 1.165) is 0 Å². The van der Waals surface area contributed by atoms with Crippen molar-refractivity contribution in [3.8, 4) is 0 Å². The van der Waals surface area contributed by atoms with E-state index in [1.54, 1.807) is 9.80 Å². The summed E-state index contributed by atoms with van der Waals surface area (Å²) in [7, 11) is 0. The van der Waals surface area contributed by atoms with Crippen molar-refractivity contribution in [2.45, 2.75) is 12.8 Å². The molecule has 2 N–H and O–H groups in total. The summed E-state index contributed by atoms with van der Waals surface area (Å²) in [6.07, 6.45) is 1.10. The Hall–Kier alpha value is -2.48. The fourth-order valence-electron chi connectivity index (χ4n) is 2.48. The van der Waals surface area contributed by atoms with Gasteiger partial charge in [0.25, 0.3) is 11.6 Å². The van der Waals surface area contributed by atoms with Gasteiger partial charge in [-0.15, -0.1) is 0 Å². The predicted molar refractivity (Wildman–Crippen MR) is 83.9 cm³/mol. The van der Waals surface area contributed by atoms with E-state index in [4.69, 9.17) is 5.73 Å². The normalized spacial score (nSPS) is 14.7. The van der Waals surface area contributed by atoms with Crippen LogP contribution in [0.1, 0.15) is 23.2 Å². The highest BCUT2D eigenvalue weighted by Crippen LogP contribution is 2.15. The molecule has 0 spiro atoms. The lowest BCUT2D eigenvalue weighted by molar-refractivity contribution is -0.384. The number of piperazine rings is 1. The summed E-state index contributed by atoms with van der Waals surface area (Å²) in [4.78, 5) is 37.8. The molecule has 1 aliphatic rings. The number of rotatable bonds is 5. The van der Waals surface area contributed by atoms with Crippen molar-refractivity contribution in [1.29, 1.82) is 0 Å². The van der Waals surface area contributed by atoms with Gasteiger partial charge in [0.15, 0.2) is 0 Å². The number of benzene rings is 1. The Balaban J connectivity index is 1.90. The lowest BCUT2D eigenvalue weighted by Crippen LogP contribution is -2.50. The smallest absolute Gasteiger partial charge is 0.269 e. The van der Waals surface area contributed by atoms with Crippen LogP contribution in [0.5, 0.6) is 0 Å². The minimum absolute atomic E-state index is 0.0446. The van der Waals surface area contributed by atoms with Crippen molar-refractivity contribution in [2.75, 3.05) is 32.7 Å². The molecule has 124 valence electrons. The first-order valence-electron chi connectivity index (χ1n) is 7.54. The number of carbonyl (C=O) groups is 2. The molecule has 8 nitrogen and oxygen atoms in total. The molecule has 1 saturated heterocycles. The molecule has 2 amide bonds. The van der Waals surface area contributed by atoms with Crippen LogP contribution >= 0.6 is 0 Å². The lowest BCUT2D eigenvalue weighted by Gasteiger charge is -2.34. The van der Waals surface area contributed by atoms with Gasteiger partial charge >= 0.3 is 0 Å². The zero-order valence-electron chi connectivity index (χ0n) is 12.8. The van der Waals surface area contributed by atoms with Crippen LogP contribution in [0.25, 0.3) is 0 Å². The average Bonchev–Trinajstić information content (AvgIpc) is 2.59. The van der Waals surface area contributed by atoms with E-state index in [9.17, 15) is 19.7 Å². The summed E-state index contributed by atoms with van der Waals surface area (Å²) in [5.74, 6) is -0.105. The van der Waals surface area contributed by atoms with Gasteiger partial charge in [-0.05, 0) is 25.1 Å². The maximum Gasteiger partial charge on any atom is 0.269 e. The Labute approximate surface area is 134 Å². The summed E-state index contributed by atoms with van der Waals surface area (Å²) in [6.45, 7) is 2.42. The number of hydrogen-bond acceptors (Lipinski definition) is 5. The molecular formula is C15H20N4O4. The second-order valence-electron chi connectivity index (χ2n) is 5.37. The van der Waals surface area contributed by atoms with Crippen molar-refractivity contribution in [1.82, 2.24) is 9.80 Å². The van der Waals surface area contributed by atoms with Crippen LogP contribution in [-0.2, 0) is 4.79 Å². The third-order valence-electron chi connectivity index (χ3n) is 3.84. The molecule has 0 aromatic heterocycles. The number of hydrogen-bond donors (Lipinski definition) is 1. The number of nitro benzene ring substituents is 1. The Morgan fingerprint density at radius 3 is 2.17 bits per heavy atom. The Morgan fingerprint density at radius 2 is 1.65 bits per heavy atom. The van der Waals surface area contributed by atoms with Gasteiger partial charge in [0.1, 0.15) is 0 Å². The van der Waals surface area contributed by atoms with E-state index in [0.29, 0.717) is 51.1 Å². The quantitative estimate of drug-likeness (QED) is 0.631. The molecule has 1 aliphatic heterocycles. The molecular weight excluding hydrogens is 300 g/mol. The van der Waals surface area contributed by atoms with Gasteiger partial charge in [-0.25, -0.2) is 0 Å². The summed E-state index contributed by atoms with van der Waals surface area (Å²) in [5, 5.41) is 10.6. The monoisotopic (exact) mass is 320 g/mol. The Bertz CT molecular complexity index is 580. The topological polar surface area (TPSA) is 110 Å². The van der Waals surface area contributed by atoms with E-state index in [1.165, 1.54) is 24.3 Å². The van der Waals surface area contributed by atoms with Crippen LogP contribution in [0.2, 0.25) is 0 Å². The largest absolute Gasteiger partial charge is 0.339 e. The number of non-ortho nitro benzene ring substituents is 1. The molecule has 1 aromatic carbocycles. The van der Waals surface area contributed by atoms with Gasteiger partial charge in [-0.3, -0.25) is 19.7 Å². The zero-order valence-corrected chi connectivity index (χ0v) is 12.8. The van der Waals surface area contributed by atoms with E-state index in [2.05, 4.69) is 0 Å². The SMILES string of the molecule is NCCCC(=O)N1CCN(C(=O)c2ccc([N+](=O)[O-])cc2)CC1. The summed E-state index contributed by atoms with van der Waals surface area (Å²) < 4.78 is 0. The third-order valence-corrected chi connectivity index (χ3v) is 3.84. The summed E-state index contributed by atoms with van der Waals surface area (Å²) >= 11 is 0. The average molecular weight is 320 g/mol. The van der Waals surface area contributed by atoms with E-state index < -0.39 is 4.92 Å². The molecule has 2 rings (SSSR count). The number of carbonyl (C=O) groups excluding carboxylic acids is 2. The minimum Gasteiger partial charge on any atom is -0.339 e. The molecule has 1 heterocycles. The second-order valence-corrected chi connectivity index (χ2v) is 5.37. The molecule has 1 fully saturated rings. The van der Waals surface area contributed by atoms with E-state index in [-0.39, 0.29) is 17.5 Å². The number of amides is 2. The highest BCUT2D eigenvalue weighted by molar-refractivity contribution is 5.94. The molecule has 0 atom stereocenters. The Kier molecular flexibility index (Phi) is 5.64. The first-order valence-corrected chi connectivity index (χ1v) is 7.54. The van der Waals surface area contributed by atoms with Crippen molar-refractivity contribution >= 4 is 17.5 Å². The maximum absolute atomic E-state index is 12.4. The van der Waals surface area contributed by atoms with Gasteiger partial charge in [0.2, 0.25) is 5.91 Å². The van der Waals surface area contributed by atoms with Gasteiger partial charge in [0, 0.05) is 50.3 Å². The molecule has 8 heteroatoms. The zero-order chi connectivity index (χ0) is 16.8. The van der Waals surface area contributed by atoms with Crippen molar-refractivity contribution in [3.05, 3.63) is 39.9 Å². The molecule has 0 unspecified atom stereocenters. The molecule has 1 aromatic rings. The molecule has 0 bridgehead atoms. The fourth-order valence-corrected chi connectivity index (χ4v) is 2.48. The third kappa shape index (κ3) is 4.26. The van der Waals surface area contributed by atoms with Gasteiger partial charge < -0.3 is 15.5 Å². The maximum atomic E-state index is 12.4. The highest BCUT2D eigenvalue weighted by Gasteiger charge is 2.24. The summed E-state index contributed by atoms with van der Waals surface area (Å²) in [5.41, 5.74) is 5.77. The standard InChI is InChI=1S/C15H20N4O4/c16-7-1-2-14(20)17-8-10-18(11-9-17)15(21)12-3-5-13(6-4-12)19(22)23/h3-6H,1-2,7-11,16H2. The first kappa shape index (κ1) is 16.9. The minimum atomic E-state index is -0.500. The van der Waals surface area contributed by atoms with E-state index >= 15 is 0 Å². The molecule has 0 radical (unpaired) electrons. The first-order chi connectivity index (χ1) is 11.0. The van der Waals surface area contributed by atoms with Crippen molar-refractivity contribution in [2.24, 2.45) is 5.73 Å². The Morgan fingerprint density at radius 1 is 1.09 bits per heavy atom. The van der Waals surface area contributed by atoms with Gasteiger partial charge in [-0.2, -0.15) is 0 Å². The predicted octanol–water partition coefficient (Wildman–Crippen LogP) is 0.618. The fraction of sp³-hybridized carbons (Fsp3) is 0.467. The van der Waals surface area contributed by atoms with Crippen LogP contribution in [0.3, 0.4) is 0 Å². The van der Waals surface area contributed by atoms with Crippen LogP contribution in [0.4, 0.5) is 5.69 Å². The van der Waals surface area contributed by atoms with Crippen LogP contribution in [-0.4, -0.2) is 59.3 Å². The van der Waals surface area contributed by atoms with Crippen LogP contribution < -0.4 is 5.73 Å². The lowest BCUT2D eigenvalue weighted by atomic mass is 10.1. The molecule has 23 heavy (non-hydrogen) atoms. The number of nitrogens with zero attached hydrogens (tertiary/aromatic N) is 3. The van der Waals surface area contributed by atoms with Crippen molar-refractivity contribution in [3.63, 3.8) is 0 Å². The molecule has 0 saturated carbocycles. The second kappa shape index (κ2) is 7.68. The number of nitrogens with two attached hydrogens (primary N) is 1. The molecule has 0 aliphatic carbocycles. The van der Waals surface area contributed by atoms with Gasteiger partial charge in [-0.1, -0.05) is 0 Å². The van der Waals surface area contributed by atoms with Gasteiger partial charge in [0.05, 0.1) is 4.92 Å². The van der Waals surface area contributed by atoms with E-state index in [1.807, 2.05) is 0 Å². The van der Waals surface area contributed by atoms with Crippen molar-refractivity contribution < 1.29 is 14.5 Å². The number of nitro groups is 1.